The number of carbonyl (C=O) groups is 1. The average Bonchev–Trinajstić information content (AvgIpc) is 3.00. The molecule has 0 saturated carbocycles. The van der Waals surface area contributed by atoms with Gasteiger partial charge < -0.3 is 13.9 Å². The van der Waals surface area contributed by atoms with Crippen LogP contribution >= 0.6 is 0 Å². The van der Waals surface area contributed by atoms with Crippen molar-refractivity contribution in [3.63, 3.8) is 0 Å². The summed E-state index contributed by atoms with van der Waals surface area (Å²) in [6.45, 7) is 1.30. The van der Waals surface area contributed by atoms with Crippen molar-refractivity contribution >= 4 is 26.8 Å². The number of carbonyl (C=O) groups excluding carboxylic acids is 1. The van der Waals surface area contributed by atoms with Crippen LogP contribution in [0.5, 0.6) is 11.5 Å². The molecule has 0 aliphatic carbocycles. The second kappa shape index (κ2) is 6.60. The molecule has 0 N–H and O–H groups in total. The summed E-state index contributed by atoms with van der Waals surface area (Å²) in [5.74, 6) is 0.305. The van der Waals surface area contributed by atoms with Gasteiger partial charge in [0.25, 0.3) is 0 Å². The number of sulfone groups is 1. The van der Waals surface area contributed by atoms with E-state index in [1.807, 2.05) is 0 Å². The number of hydrogen-bond acceptors (Lipinski definition) is 6. The number of ether oxygens (including phenoxy) is 2. The number of esters is 1. The number of benzene rings is 2. The Morgan fingerprint density at radius 1 is 1.04 bits per heavy atom. The lowest BCUT2D eigenvalue weighted by Crippen LogP contribution is -2.04. The van der Waals surface area contributed by atoms with Gasteiger partial charge in [0.15, 0.2) is 0 Å². The van der Waals surface area contributed by atoms with Gasteiger partial charge in [0.05, 0.1) is 12.9 Å². The second-order valence-electron chi connectivity index (χ2n) is 5.47. The van der Waals surface area contributed by atoms with Crippen LogP contribution in [0.25, 0.3) is 11.0 Å². The van der Waals surface area contributed by atoms with Crippen molar-refractivity contribution in [3.05, 3.63) is 54.1 Å². The SMILES string of the molecule is COc1ccc2cc(S(=O)(=O)Cc3ccc(OC(C)=O)cc3)oc2c1. The molecule has 25 heavy (non-hydrogen) atoms. The molecular formula is C18H16O6S. The van der Waals surface area contributed by atoms with Gasteiger partial charge in [-0.05, 0) is 29.8 Å². The molecule has 130 valence electrons. The predicted octanol–water partition coefficient (Wildman–Crippen LogP) is 3.34. The topological polar surface area (TPSA) is 82.8 Å². The molecule has 6 nitrogen and oxygen atoms in total. The molecule has 7 heteroatoms. The zero-order valence-corrected chi connectivity index (χ0v) is 14.5. The minimum Gasteiger partial charge on any atom is -0.497 e. The first kappa shape index (κ1) is 17.0. The van der Waals surface area contributed by atoms with Crippen molar-refractivity contribution < 1.29 is 27.1 Å². The van der Waals surface area contributed by atoms with Crippen LogP contribution in [0.3, 0.4) is 0 Å². The Morgan fingerprint density at radius 2 is 1.72 bits per heavy atom. The molecule has 0 fully saturated rings. The van der Waals surface area contributed by atoms with Crippen LogP contribution in [0.4, 0.5) is 0 Å². The molecule has 1 heterocycles. The van der Waals surface area contributed by atoms with Crippen molar-refractivity contribution in [2.75, 3.05) is 7.11 Å². The van der Waals surface area contributed by atoms with E-state index in [-0.39, 0.29) is 10.8 Å². The molecule has 0 aliphatic rings. The first-order valence-corrected chi connectivity index (χ1v) is 9.10. The highest BCUT2D eigenvalue weighted by molar-refractivity contribution is 7.90. The summed E-state index contributed by atoms with van der Waals surface area (Å²) < 4.78 is 40.7. The largest absolute Gasteiger partial charge is 0.497 e. The van der Waals surface area contributed by atoms with Gasteiger partial charge in [-0.2, -0.15) is 0 Å². The lowest BCUT2D eigenvalue weighted by atomic mass is 10.2. The highest BCUT2D eigenvalue weighted by Gasteiger charge is 2.21. The standard InChI is InChI=1S/C18H16O6S/c1-12(19)23-15-6-3-13(4-7-15)11-25(20,21)18-9-14-5-8-16(22-2)10-17(14)24-18/h3-10H,11H2,1-2H3. The number of rotatable bonds is 5. The fraction of sp³-hybridized carbons (Fsp3) is 0.167. The third kappa shape index (κ3) is 3.83. The first-order chi connectivity index (χ1) is 11.9. The van der Waals surface area contributed by atoms with E-state index in [1.165, 1.54) is 20.1 Å². The Kier molecular flexibility index (Phi) is 4.50. The van der Waals surface area contributed by atoms with Gasteiger partial charge in [-0.3, -0.25) is 4.79 Å². The maximum atomic E-state index is 12.6. The van der Waals surface area contributed by atoms with Gasteiger partial charge in [0, 0.05) is 24.4 Å². The average molecular weight is 360 g/mol. The van der Waals surface area contributed by atoms with E-state index < -0.39 is 15.8 Å². The Hall–Kier alpha value is -2.80. The summed E-state index contributed by atoms with van der Waals surface area (Å²) in [6.07, 6.45) is 0. The lowest BCUT2D eigenvalue weighted by Gasteiger charge is -2.04. The molecule has 0 radical (unpaired) electrons. The summed E-state index contributed by atoms with van der Waals surface area (Å²) in [5, 5.41) is 0.587. The maximum absolute atomic E-state index is 12.6. The van der Waals surface area contributed by atoms with Crippen LogP contribution in [-0.4, -0.2) is 21.5 Å². The van der Waals surface area contributed by atoms with Gasteiger partial charge >= 0.3 is 5.97 Å². The highest BCUT2D eigenvalue weighted by Crippen LogP contribution is 2.28. The van der Waals surface area contributed by atoms with Crippen molar-refractivity contribution in [3.8, 4) is 11.5 Å². The van der Waals surface area contributed by atoms with E-state index in [0.717, 1.165) is 0 Å². The van der Waals surface area contributed by atoms with Crippen LogP contribution in [0.2, 0.25) is 0 Å². The molecular weight excluding hydrogens is 344 g/mol. The van der Waals surface area contributed by atoms with E-state index in [2.05, 4.69) is 0 Å². The maximum Gasteiger partial charge on any atom is 0.308 e. The number of fused-ring (bicyclic) bond motifs is 1. The predicted molar refractivity (Wildman–Crippen MR) is 91.4 cm³/mol. The number of methoxy groups -OCH3 is 1. The minimum absolute atomic E-state index is 0.0974. The first-order valence-electron chi connectivity index (χ1n) is 7.45. The molecule has 0 bridgehead atoms. The summed E-state index contributed by atoms with van der Waals surface area (Å²) in [6, 6.07) is 12.9. The Bertz CT molecular complexity index is 1020. The summed E-state index contributed by atoms with van der Waals surface area (Å²) in [5.41, 5.74) is 1.01. The van der Waals surface area contributed by atoms with Gasteiger partial charge in [-0.15, -0.1) is 0 Å². The molecule has 0 saturated heterocycles. The third-order valence-corrected chi connectivity index (χ3v) is 5.08. The molecule has 0 unspecified atom stereocenters. The summed E-state index contributed by atoms with van der Waals surface area (Å²) in [7, 11) is -2.12. The third-order valence-electron chi connectivity index (χ3n) is 3.55. The van der Waals surface area contributed by atoms with Crippen LogP contribution in [0, 0.1) is 0 Å². The molecule has 3 aromatic rings. The van der Waals surface area contributed by atoms with Gasteiger partial charge in [0.1, 0.15) is 17.1 Å². The highest BCUT2D eigenvalue weighted by atomic mass is 32.2. The molecule has 0 atom stereocenters. The minimum atomic E-state index is -3.65. The van der Waals surface area contributed by atoms with Crippen molar-refractivity contribution in [1.82, 2.24) is 0 Å². The molecule has 3 rings (SSSR count). The van der Waals surface area contributed by atoms with E-state index in [9.17, 15) is 13.2 Å². The quantitative estimate of drug-likeness (QED) is 0.513. The van der Waals surface area contributed by atoms with Crippen molar-refractivity contribution in [1.29, 1.82) is 0 Å². The van der Waals surface area contributed by atoms with Gasteiger partial charge in [-0.25, -0.2) is 8.42 Å². The van der Waals surface area contributed by atoms with E-state index in [0.29, 0.717) is 28.0 Å². The number of hydrogen-bond donors (Lipinski definition) is 0. The van der Waals surface area contributed by atoms with E-state index in [1.54, 1.807) is 42.5 Å². The smallest absolute Gasteiger partial charge is 0.308 e. The molecule has 2 aromatic carbocycles. The van der Waals surface area contributed by atoms with Crippen LogP contribution < -0.4 is 9.47 Å². The van der Waals surface area contributed by atoms with Crippen LogP contribution in [-0.2, 0) is 20.4 Å². The molecule has 0 aliphatic heterocycles. The Balaban J connectivity index is 1.85. The monoisotopic (exact) mass is 360 g/mol. The fourth-order valence-corrected chi connectivity index (χ4v) is 3.67. The normalized spacial score (nSPS) is 11.4. The van der Waals surface area contributed by atoms with Crippen molar-refractivity contribution in [2.45, 2.75) is 17.8 Å². The fourth-order valence-electron chi connectivity index (χ4n) is 2.38. The zero-order chi connectivity index (χ0) is 18.0. The van der Waals surface area contributed by atoms with E-state index >= 15 is 0 Å². The molecule has 0 amide bonds. The van der Waals surface area contributed by atoms with E-state index in [4.69, 9.17) is 13.9 Å². The summed E-state index contributed by atoms with van der Waals surface area (Å²) in [4.78, 5) is 10.9. The van der Waals surface area contributed by atoms with Crippen LogP contribution in [0.15, 0.2) is 58.0 Å². The molecule has 1 aromatic heterocycles. The molecule has 0 spiro atoms. The van der Waals surface area contributed by atoms with Crippen LogP contribution in [0.1, 0.15) is 12.5 Å². The van der Waals surface area contributed by atoms with Gasteiger partial charge in [-0.1, -0.05) is 12.1 Å². The Morgan fingerprint density at radius 3 is 2.36 bits per heavy atom. The second-order valence-corrected chi connectivity index (χ2v) is 7.39. The van der Waals surface area contributed by atoms with Crippen molar-refractivity contribution in [2.24, 2.45) is 0 Å². The van der Waals surface area contributed by atoms with Gasteiger partial charge in [0.2, 0.25) is 14.9 Å². The Labute approximate surface area is 144 Å². The number of furan rings is 1. The zero-order valence-electron chi connectivity index (χ0n) is 13.7. The lowest BCUT2D eigenvalue weighted by molar-refractivity contribution is -0.131. The summed E-state index contributed by atoms with van der Waals surface area (Å²) >= 11 is 0.